The van der Waals surface area contributed by atoms with E-state index in [4.69, 9.17) is 14.2 Å². The van der Waals surface area contributed by atoms with Crippen LogP contribution in [0, 0.1) is 0 Å². The first-order valence-corrected chi connectivity index (χ1v) is 5.67. The summed E-state index contributed by atoms with van der Waals surface area (Å²) in [6.45, 7) is 1.81. The Morgan fingerprint density at radius 3 is 3.00 bits per heavy atom. The Labute approximate surface area is 100 Å². The van der Waals surface area contributed by atoms with Crippen LogP contribution in [0.5, 0.6) is 0 Å². The average Bonchev–Trinajstić information content (AvgIpc) is 2.89. The maximum atomic E-state index is 11.5. The van der Waals surface area contributed by atoms with Crippen molar-refractivity contribution in [2.24, 2.45) is 0 Å². The van der Waals surface area contributed by atoms with Crippen LogP contribution in [0.2, 0.25) is 0 Å². The van der Waals surface area contributed by atoms with Crippen LogP contribution in [0.25, 0.3) is 0 Å². The van der Waals surface area contributed by atoms with Gasteiger partial charge in [-0.2, -0.15) is 0 Å². The van der Waals surface area contributed by atoms with Crippen LogP contribution in [0.1, 0.15) is 22.3 Å². The van der Waals surface area contributed by atoms with Gasteiger partial charge in [-0.25, -0.2) is 4.79 Å². The molecule has 0 spiro atoms. The minimum Gasteiger partial charge on any atom is -0.465 e. The van der Waals surface area contributed by atoms with E-state index in [2.05, 4.69) is 0 Å². The molecule has 92 valence electrons. The van der Waals surface area contributed by atoms with Crippen LogP contribution in [-0.4, -0.2) is 32.4 Å². The number of hydrogen-bond donors (Lipinski definition) is 0. The largest absolute Gasteiger partial charge is 0.465 e. The van der Waals surface area contributed by atoms with E-state index in [1.165, 1.54) is 7.11 Å². The van der Waals surface area contributed by atoms with Gasteiger partial charge in [-0.15, -0.1) is 0 Å². The molecule has 0 aliphatic carbocycles. The summed E-state index contributed by atoms with van der Waals surface area (Å²) in [5, 5.41) is 0. The number of ether oxygens (including phenoxy) is 3. The third kappa shape index (κ3) is 3.05. The lowest BCUT2D eigenvalue weighted by atomic mass is 10.1. The molecule has 1 aromatic carbocycles. The standard InChI is InChI=1S/C13H16O4/c1-15-13(14)12-5-3-2-4-10(12)8-17-11-6-7-16-9-11/h2-5,11H,6-9H2,1H3. The summed E-state index contributed by atoms with van der Waals surface area (Å²) >= 11 is 0. The van der Waals surface area contributed by atoms with Crippen molar-refractivity contribution in [3.8, 4) is 0 Å². The first kappa shape index (κ1) is 12.1. The molecule has 2 rings (SSSR count). The molecule has 0 saturated carbocycles. The molecule has 1 aliphatic heterocycles. The van der Waals surface area contributed by atoms with Crippen LogP contribution < -0.4 is 0 Å². The summed E-state index contributed by atoms with van der Waals surface area (Å²) in [6, 6.07) is 7.32. The highest BCUT2D eigenvalue weighted by atomic mass is 16.5. The topological polar surface area (TPSA) is 44.8 Å². The molecule has 17 heavy (non-hydrogen) atoms. The van der Waals surface area contributed by atoms with E-state index in [1.807, 2.05) is 18.2 Å². The second kappa shape index (κ2) is 5.80. The highest BCUT2D eigenvalue weighted by Crippen LogP contribution is 2.15. The Bertz CT molecular complexity index is 383. The van der Waals surface area contributed by atoms with E-state index in [0.29, 0.717) is 18.8 Å². The zero-order chi connectivity index (χ0) is 12.1. The third-order valence-electron chi connectivity index (χ3n) is 2.79. The number of rotatable bonds is 4. The normalized spacial score (nSPS) is 19.2. The fraction of sp³-hybridized carbons (Fsp3) is 0.462. The molecule has 4 heteroatoms. The van der Waals surface area contributed by atoms with E-state index in [9.17, 15) is 4.79 Å². The van der Waals surface area contributed by atoms with Gasteiger partial charge in [0.15, 0.2) is 0 Å². The van der Waals surface area contributed by atoms with Crippen LogP contribution in [-0.2, 0) is 20.8 Å². The van der Waals surface area contributed by atoms with Crippen LogP contribution in [0.4, 0.5) is 0 Å². The fourth-order valence-corrected chi connectivity index (χ4v) is 1.81. The smallest absolute Gasteiger partial charge is 0.338 e. The molecular weight excluding hydrogens is 220 g/mol. The highest BCUT2D eigenvalue weighted by Gasteiger charge is 2.17. The lowest BCUT2D eigenvalue weighted by Crippen LogP contribution is -2.14. The van der Waals surface area contributed by atoms with Crippen molar-refractivity contribution in [2.75, 3.05) is 20.3 Å². The van der Waals surface area contributed by atoms with Gasteiger partial charge >= 0.3 is 5.97 Å². The lowest BCUT2D eigenvalue weighted by molar-refractivity contribution is 0.0305. The van der Waals surface area contributed by atoms with E-state index < -0.39 is 0 Å². The van der Waals surface area contributed by atoms with Gasteiger partial charge in [-0.3, -0.25) is 0 Å². The van der Waals surface area contributed by atoms with Crippen molar-refractivity contribution in [2.45, 2.75) is 19.1 Å². The summed E-state index contributed by atoms with van der Waals surface area (Å²) in [5.41, 5.74) is 1.42. The molecule has 0 N–H and O–H groups in total. The number of methoxy groups -OCH3 is 1. The van der Waals surface area contributed by atoms with E-state index in [-0.39, 0.29) is 12.1 Å². The van der Waals surface area contributed by atoms with Gasteiger partial charge in [0.2, 0.25) is 0 Å². The van der Waals surface area contributed by atoms with Crippen LogP contribution >= 0.6 is 0 Å². The molecule has 1 saturated heterocycles. The second-order valence-electron chi connectivity index (χ2n) is 3.95. The average molecular weight is 236 g/mol. The zero-order valence-electron chi connectivity index (χ0n) is 9.85. The molecule has 0 aromatic heterocycles. The molecule has 1 heterocycles. The Hall–Kier alpha value is -1.39. The lowest BCUT2D eigenvalue weighted by Gasteiger charge is -2.12. The maximum Gasteiger partial charge on any atom is 0.338 e. The molecule has 1 atom stereocenters. The second-order valence-corrected chi connectivity index (χ2v) is 3.95. The Balaban J connectivity index is 2.01. The predicted molar refractivity (Wildman–Crippen MR) is 61.8 cm³/mol. The summed E-state index contributed by atoms with van der Waals surface area (Å²) in [4.78, 5) is 11.5. The van der Waals surface area contributed by atoms with Crippen molar-refractivity contribution in [1.82, 2.24) is 0 Å². The first-order chi connectivity index (χ1) is 8.31. The van der Waals surface area contributed by atoms with Gasteiger partial charge in [0.1, 0.15) is 0 Å². The minimum atomic E-state index is -0.327. The Kier molecular flexibility index (Phi) is 4.12. The Morgan fingerprint density at radius 1 is 1.47 bits per heavy atom. The van der Waals surface area contributed by atoms with Crippen molar-refractivity contribution in [1.29, 1.82) is 0 Å². The Morgan fingerprint density at radius 2 is 2.29 bits per heavy atom. The van der Waals surface area contributed by atoms with Gasteiger partial charge in [0.25, 0.3) is 0 Å². The van der Waals surface area contributed by atoms with Crippen LogP contribution in [0.15, 0.2) is 24.3 Å². The van der Waals surface area contributed by atoms with Gasteiger partial charge in [-0.1, -0.05) is 18.2 Å². The van der Waals surface area contributed by atoms with Gasteiger partial charge < -0.3 is 14.2 Å². The highest BCUT2D eigenvalue weighted by molar-refractivity contribution is 5.90. The van der Waals surface area contributed by atoms with Crippen molar-refractivity contribution in [3.63, 3.8) is 0 Å². The molecule has 4 nitrogen and oxygen atoms in total. The summed E-state index contributed by atoms with van der Waals surface area (Å²) < 4.78 is 15.6. The molecule has 0 bridgehead atoms. The van der Waals surface area contributed by atoms with Crippen molar-refractivity contribution in [3.05, 3.63) is 35.4 Å². The predicted octanol–water partition coefficient (Wildman–Crippen LogP) is 1.78. The molecule has 1 aromatic rings. The van der Waals surface area contributed by atoms with Gasteiger partial charge in [0, 0.05) is 6.61 Å². The molecule has 1 unspecified atom stereocenters. The molecular formula is C13H16O4. The number of esters is 1. The summed E-state index contributed by atoms with van der Waals surface area (Å²) in [7, 11) is 1.38. The SMILES string of the molecule is COC(=O)c1ccccc1COC1CCOC1. The summed E-state index contributed by atoms with van der Waals surface area (Å²) in [5.74, 6) is -0.327. The van der Waals surface area contributed by atoms with Crippen molar-refractivity contribution < 1.29 is 19.0 Å². The van der Waals surface area contributed by atoms with Gasteiger partial charge in [0.05, 0.1) is 32.0 Å². The number of hydrogen-bond acceptors (Lipinski definition) is 4. The first-order valence-electron chi connectivity index (χ1n) is 5.67. The maximum absolute atomic E-state index is 11.5. The van der Waals surface area contributed by atoms with E-state index >= 15 is 0 Å². The molecule has 1 fully saturated rings. The monoisotopic (exact) mass is 236 g/mol. The number of carbonyl (C=O) groups is 1. The molecule has 0 amide bonds. The van der Waals surface area contributed by atoms with E-state index in [0.717, 1.165) is 18.6 Å². The molecule has 1 aliphatic rings. The van der Waals surface area contributed by atoms with E-state index in [1.54, 1.807) is 6.07 Å². The molecule has 0 radical (unpaired) electrons. The third-order valence-corrected chi connectivity index (χ3v) is 2.79. The number of benzene rings is 1. The quantitative estimate of drug-likeness (QED) is 0.747. The van der Waals surface area contributed by atoms with Crippen molar-refractivity contribution >= 4 is 5.97 Å². The minimum absolute atomic E-state index is 0.140. The van der Waals surface area contributed by atoms with Gasteiger partial charge in [-0.05, 0) is 18.1 Å². The number of carbonyl (C=O) groups excluding carboxylic acids is 1. The fourth-order valence-electron chi connectivity index (χ4n) is 1.81. The van der Waals surface area contributed by atoms with Crippen LogP contribution in [0.3, 0.4) is 0 Å². The summed E-state index contributed by atoms with van der Waals surface area (Å²) in [6.07, 6.45) is 1.06. The zero-order valence-corrected chi connectivity index (χ0v) is 9.85.